The molecule has 0 saturated carbocycles. The van der Waals surface area contributed by atoms with E-state index in [2.05, 4.69) is 27.0 Å². The normalized spacial score (nSPS) is 10.4. The first-order valence-corrected chi connectivity index (χ1v) is 6.79. The van der Waals surface area contributed by atoms with Gasteiger partial charge in [0.1, 0.15) is 5.82 Å². The minimum absolute atomic E-state index is 0.0139. The number of aromatic nitrogens is 3. The number of benzene rings is 1. The number of nitrogens with zero attached hydrogens (tertiary/aromatic N) is 2. The SMILES string of the molecule is Nc1nccc(-c2ccc3[nH]nc(N)c3c2)c1C#CCCO. The van der Waals surface area contributed by atoms with Crippen molar-refractivity contribution in [3.63, 3.8) is 0 Å². The first-order chi connectivity index (χ1) is 10.7. The predicted octanol–water partition coefficient (Wildman–Crippen LogP) is 1.52. The van der Waals surface area contributed by atoms with Crippen LogP contribution < -0.4 is 11.5 Å². The highest BCUT2D eigenvalue weighted by Crippen LogP contribution is 2.29. The summed E-state index contributed by atoms with van der Waals surface area (Å²) < 4.78 is 0. The van der Waals surface area contributed by atoms with Crippen LogP contribution in [-0.4, -0.2) is 26.9 Å². The number of rotatable bonds is 2. The highest BCUT2D eigenvalue weighted by Gasteiger charge is 2.10. The second-order valence-corrected chi connectivity index (χ2v) is 4.76. The first-order valence-electron chi connectivity index (χ1n) is 6.79. The molecule has 0 fully saturated rings. The van der Waals surface area contributed by atoms with Crippen molar-refractivity contribution in [2.45, 2.75) is 6.42 Å². The second-order valence-electron chi connectivity index (χ2n) is 4.76. The van der Waals surface area contributed by atoms with Crippen LogP contribution in [0.15, 0.2) is 30.5 Å². The number of nitrogen functional groups attached to an aromatic ring is 2. The zero-order valence-electron chi connectivity index (χ0n) is 11.8. The molecule has 0 radical (unpaired) electrons. The van der Waals surface area contributed by atoms with Crippen LogP contribution in [0.5, 0.6) is 0 Å². The van der Waals surface area contributed by atoms with E-state index >= 15 is 0 Å². The van der Waals surface area contributed by atoms with Crippen LogP contribution in [0.3, 0.4) is 0 Å². The Balaban J connectivity index is 2.15. The monoisotopic (exact) mass is 293 g/mol. The molecule has 6 N–H and O–H groups in total. The summed E-state index contributed by atoms with van der Waals surface area (Å²) in [5, 5.41) is 16.6. The Bertz CT molecular complexity index is 888. The number of hydrogen-bond donors (Lipinski definition) is 4. The van der Waals surface area contributed by atoms with Gasteiger partial charge < -0.3 is 16.6 Å². The van der Waals surface area contributed by atoms with Crippen molar-refractivity contribution < 1.29 is 5.11 Å². The summed E-state index contributed by atoms with van der Waals surface area (Å²) in [5.41, 5.74) is 15.1. The lowest BCUT2D eigenvalue weighted by Gasteiger charge is -2.07. The van der Waals surface area contributed by atoms with Crippen LogP contribution >= 0.6 is 0 Å². The fourth-order valence-electron chi connectivity index (χ4n) is 2.26. The molecular formula is C16H15N5O. The molecule has 0 unspecified atom stereocenters. The molecule has 6 heteroatoms. The molecule has 6 nitrogen and oxygen atoms in total. The maximum absolute atomic E-state index is 8.85. The van der Waals surface area contributed by atoms with Gasteiger partial charge in [0.2, 0.25) is 0 Å². The van der Waals surface area contributed by atoms with Gasteiger partial charge in [-0.05, 0) is 23.8 Å². The molecule has 0 bridgehead atoms. The number of pyridine rings is 1. The average Bonchev–Trinajstić information content (AvgIpc) is 2.90. The Labute approximate surface area is 127 Å². The Hall–Kier alpha value is -3.04. The Morgan fingerprint density at radius 2 is 2.05 bits per heavy atom. The van der Waals surface area contributed by atoms with Gasteiger partial charge >= 0.3 is 0 Å². The first kappa shape index (κ1) is 13.9. The summed E-state index contributed by atoms with van der Waals surface area (Å²) in [7, 11) is 0. The van der Waals surface area contributed by atoms with Gasteiger partial charge in [-0.15, -0.1) is 0 Å². The number of aliphatic hydroxyl groups is 1. The third-order valence-electron chi connectivity index (χ3n) is 3.33. The molecule has 0 aliphatic carbocycles. The third kappa shape index (κ3) is 2.45. The number of nitrogens with one attached hydrogen (secondary N) is 1. The molecule has 0 atom stereocenters. The molecule has 0 amide bonds. The number of aliphatic hydroxyl groups excluding tert-OH is 1. The topological polar surface area (TPSA) is 114 Å². The van der Waals surface area contributed by atoms with Crippen molar-refractivity contribution in [1.82, 2.24) is 15.2 Å². The molecule has 0 aliphatic rings. The van der Waals surface area contributed by atoms with E-state index < -0.39 is 0 Å². The van der Waals surface area contributed by atoms with Crippen LogP contribution in [0, 0.1) is 11.8 Å². The Kier molecular flexibility index (Phi) is 3.64. The lowest BCUT2D eigenvalue weighted by Crippen LogP contribution is -1.97. The zero-order chi connectivity index (χ0) is 15.5. The van der Waals surface area contributed by atoms with E-state index in [1.54, 1.807) is 6.20 Å². The highest BCUT2D eigenvalue weighted by atomic mass is 16.2. The Morgan fingerprint density at radius 3 is 2.86 bits per heavy atom. The number of nitrogens with two attached hydrogens (primary N) is 2. The molecular weight excluding hydrogens is 278 g/mol. The van der Waals surface area contributed by atoms with Gasteiger partial charge in [0, 0.05) is 23.6 Å². The maximum atomic E-state index is 8.85. The highest BCUT2D eigenvalue weighted by molar-refractivity contribution is 5.93. The quantitative estimate of drug-likeness (QED) is 0.535. The van der Waals surface area contributed by atoms with Gasteiger partial charge in [-0.25, -0.2) is 4.98 Å². The molecule has 2 aromatic heterocycles. The number of H-pyrrole nitrogens is 1. The fraction of sp³-hybridized carbons (Fsp3) is 0.125. The Morgan fingerprint density at radius 1 is 1.18 bits per heavy atom. The minimum atomic E-state index is 0.0139. The number of anilines is 2. The molecule has 110 valence electrons. The minimum Gasteiger partial charge on any atom is -0.395 e. The molecule has 0 aliphatic heterocycles. The van der Waals surface area contributed by atoms with Gasteiger partial charge in [0.05, 0.1) is 17.7 Å². The summed E-state index contributed by atoms with van der Waals surface area (Å²) in [6.45, 7) is 0.0139. The van der Waals surface area contributed by atoms with E-state index in [1.807, 2.05) is 24.3 Å². The molecule has 3 rings (SSSR count). The van der Waals surface area contributed by atoms with Crippen LogP contribution in [0.4, 0.5) is 11.6 Å². The van der Waals surface area contributed by atoms with Gasteiger partial charge in [0.25, 0.3) is 0 Å². The van der Waals surface area contributed by atoms with Gasteiger partial charge in [-0.2, -0.15) is 5.10 Å². The van der Waals surface area contributed by atoms with Crippen LogP contribution in [-0.2, 0) is 0 Å². The summed E-state index contributed by atoms with van der Waals surface area (Å²) in [5.74, 6) is 6.68. The standard InChI is InChI=1S/C16H15N5O/c17-15-12(3-1-2-8-22)11(6-7-19-15)10-4-5-14-13(9-10)16(18)21-20-14/h4-7,9,22H,2,8H2,(H2,17,19)(H3,18,20,21). The lowest BCUT2D eigenvalue weighted by molar-refractivity contribution is 0.305. The van der Waals surface area contributed by atoms with E-state index in [4.69, 9.17) is 16.6 Å². The van der Waals surface area contributed by atoms with Crippen LogP contribution in [0.1, 0.15) is 12.0 Å². The van der Waals surface area contributed by atoms with Crippen molar-refractivity contribution in [3.05, 3.63) is 36.0 Å². The van der Waals surface area contributed by atoms with Crippen LogP contribution in [0.2, 0.25) is 0 Å². The smallest absolute Gasteiger partial charge is 0.153 e. The van der Waals surface area contributed by atoms with Crippen LogP contribution in [0.25, 0.3) is 22.0 Å². The summed E-state index contributed by atoms with van der Waals surface area (Å²) in [6.07, 6.45) is 2.03. The molecule has 2 heterocycles. The molecule has 0 saturated heterocycles. The zero-order valence-corrected chi connectivity index (χ0v) is 11.8. The number of aromatic amines is 1. The summed E-state index contributed by atoms with van der Waals surface area (Å²) in [4.78, 5) is 4.08. The number of hydrogen-bond acceptors (Lipinski definition) is 5. The maximum Gasteiger partial charge on any atom is 0.153 e. The summed E-state index contributed by atoms with van der Waals surface area (Å²) in [6, 6.07) is 7.67. The van der Waals surface area contributed by atoms with E-state index in [1.165, 1.54) is 0 Å². The fourth-order valence-corrected chi connectivity index (χ4v) is 2.26. The van der Waals surface area contributed by atoms with E-state index in [0.29, 0.717) is 23.6 Å². The average molecular weight is 293 g/mol. The van der Waals surface area contributed by atoms with Crippen molar-refractivity contribution in [2.75, 3.05) is 18.1 Å². The summed E-state index contributed by atoms with van der Waals surface area (Å²) >= 11 is 0. The van der Waals surface area contributed by atoms with E-state index in [9.17, 15) is 0 Å². The predicted molar refractivity (Wildman–Crippen MR) is 86.7 cm³/mol. The van der Waals surface area contributed by atoms with Gasteiger partial charge in [-0.3, -0.25) is 5.10 Å². The molecule has 0 spiro atoms. The van der Waals surface area contributed by atoms with Crippen molar-refractivity contribution in [2.24, 2.45) is 0 Å². The van der Waals surface area contributed by atoms with Crippen molar-refractivity contribution in [1.29, 1.82) is 0 Å². The van der Waals surface area contributed by atoms with Crippen molar-refractivity contribution in [3.8, 4) is 23.0 Å². The molecule has 3 aromatic rings. The number of fused-ring (bicyclic) bond motifs is 1. The molecule has 22 heavy (non-hydrogen) atoms. The largest absolute Gasteiger partial charge is 0.395 e. The van der Waals surface area contributed by atoms with Gasteiger partial charge in [0.15, 0.2) is 5.82 Å². The van der Waals surface area contributed by atoms with Crippen molar-refractivity contribution >= 4 is 22.5 Å². The van der Waals surface area contributed by atoms with Gasteiger partial charge in [-0.1, -0.05) is 17.9 Å². The lowest BCUT2D eigenvalue weighted by atomic mass is 9.99. The van der Waals surface area contributed by atoms with E-state index in [0.717, 1.165) is 22.0 Å². The second kappa shape index (κ2) is 5.76. The third-order valence-corrected chi connectivity index (χ3v) is 3.33. The molecule has 1 aromatic carbocycles. The van der Waals surface area contributed by atoms with E-state index in [-0.39, 0.29) is 6.61 Å².